The number of fused-ring (bicyclic) bond motifs is 1. The van der Waals surface area contributed by atoms with Gasteiger partial charge in [-0.25, -0.2) is 9.37 Å². The lowest BCUT2D eigenvalue weighted by atomic mass is 9.95. The third kappa shape index (κ3) is 6.92. The lowest BCUT2D eigenvalue weighted by molar-refractivity contribution is -0.128. The van der Waals surface area contributed by atoms with Gasteiger partial charge < -0.3 is 25.8 Å². The Hall–Kier alpha value is -3.11. The lowest BCUT2D eigenvalue weighted by Gasteiger charge is -2.31. The summed E-state index contributed by atoms with van der Waals surface area (Å²) in [6.45, 7) is 6.71. The zero-order valence-corrected chi connectivity index (χ0v) is 25.8. The molecule has 0 radical (unpaired) electrons. The Morgan fingerprint density at radius 3 is 2.48 bits per heavy atom. The molecule has 5 rings (SSSR count). The number of nitrogens with zero attached hydrogens (tertiary/aromatic N) is 3. The van der Waals surface area contributed by atoms with Crippen LogP contribution in [-0.2, 0) is 11.3 Å². The van der Waals surface area contributed by atoms with Gasteiger partial charge in [0.25, 0.3) is 5.91 Å². The van der Waals surface area contributed by atoms with Gasteiger partial charge in [-0.15, -0.1) is 0 Å². The van der Waals surface area contributed by atoms with E-state index in [0.717, 1.165) is 25.7 Å². The van der Waals surface area contributed by atoms with Crippen molar-refractivity contribution < 1.29 is 14.0 Å². The summed E-state index contributed by atoms with van der Waals surface area (Å²) in [7, 11) is 0. The number of rotatable bonds is 7. The minimum Gasteiger partial charge on any atom is -0.356 e. The summed E-state index contributed by atoms with van der Waals surface area (Å²) in [6.07, 6.45) is 5.24. The van der Waals surface area contributed by atoms with E-state index < -0.39 is 11.6 Å². The van der Waals surface area contributed by atoms with E-state index in [0.29, 0.717) is 75.7 Å². The van der Waals surface area contributed by atoms with Gasteiger partial charge in [0, 0.05) is 31.1 Å². The SMILES string of the molecule is CC(C)(C)C(=O)NCc1ccc(Cl)c(Nc2nc3nc(N4CCC(F)CC4)c(C(=O)NC4CCCCC4)cc3[nH]2)c1Cl. The van der Waals surface area contributed by atoms with Crippen LogP contribution in [0.4, 0.5) is 21.8 Å². The largest absolute Gasteiger partial charge is 0.356 e. The monoisotopic (exact) mass is 617 g/mol. The van der Waals surface area contributed by atoms with Crippen LogP contribution in [0.5, 0.6) is 0 Å². The highest BCUT2D eigenvalue weighted by Gasteiger charge is 2.27. The average molecular weight is 619 g/mol. The summed E-state index contributed by atoms with van der Waals surface area (Å²) in [4.78, 5) is 40.4. The summed E-state index contributed by atoms with van der Waals surface area (Å²) >= 11 is 13.2. The van der Waals surface area contributed by atoms with Crippen molar-refractivity contribution in [3.63, 3.8) is 0 Å². The molecule has 9 nitrogen and oxygen atoms in total. The number of amides is 2. The number of H-pyrrole nitrogens is 1. The van der Waals surface area contributed by atoms with Gasteiger partial charge in [-0.3, -0.25) is 9.59 Å². The molecule has 2 amide bonds. The van der Waals surface area contributed by atoms with Crippen LogP contribution in [0.15, 0.2) is 18.2 Å². The van der Waals surface area contributed by atoms with Gasteiger partial charge in [-0.05, 0) is 43.4 Å². The molecule has 0 atom stereocenters. The number of hydrogen-bond acceptors (Lipinski definition) is 6. The Morgan fingerprint density at radius 2 is 1.79 bits per heavy atom. The Morgan fingerprint density at radius 1 is 1.07 bits per heavy atom. The molecule has 0 spiro atoms. The first kappa shape index (κ1) is 30.4. The molecule has 4 N–H and O–H groups in total. The third-order valence-electron chi connectivity index (χ3n) is 7.90. The molecule has 2 fully saturated rings. The number of benzene rings is 1. The van der Waals surface area contributed by atoms with E-state index >= 15 is 0 Å². The molecule has 42 heavy (non-hydrogen) atoms. The molecule has 3 heterocycles. The minimum atomic E-state index is -0.849. The minimum absolute atomic E-state index is 0.0961. The van der Waals surface area contributed by atoms with E-state index in [1.165, 1.54) is 6.42 Å². The van der Waals surface area contributed by atoms with Crippen LogP contribution in [0.2, 0.25) is 10.0 Å². The van der Waals surface area contributed by atoms with E-state index in [2.05, 4.69) is 25.9 Å². The number of nitrogens with one attached hydrogen (secondary N) is 4. The first-order valence-corrected chi connectivity index (χ1v) is 15.4. The summed E-state index contributed by atoms with van der Waals surface area (Å²) in [5.41, 5.74) is 2.00. The average Bonchev–Trinajstić information content (AvgIpc) is 3.36. The molecule has 1 saturated carbocycles. The summed E-state index contributed by atoms with van der Waals surface area (Å²) in [5.74, 6) is 0.568. The Balaban J connectivity index is 1.43. The maximum absolute atomic E-state index is 13.9. The summed E-state index contributed by atoms with van der Waals surface area (Å²) < 4.78 is 13.9. The molecule has 3 aromatic rings. The number of carbonyl (C=O) groups is 2. The van der Waals surface area contributed by atoms with Crippen LogP contribution in [0.25, 0.3) is 11.2 Å². The van der Waals surface area contributed by atoms with Crippen molar-refractivity contribution in [2.24, 2.45) is 5.41 Å². The van der Waals surface area contributed by atoms with Gasteiger partial charge in [0.05, 0.1) is 26.8 Å². The van der Waals surface area contributed by atoms with Crippen molar-refractivity contribution in [1.29, 1.82) is 0 Å². The van der Waals surface area contributed by atoms with Crippen LogP contribution in [0.3, 0.4) is 0 Å². The normalized spacial score (nSPS) is 17.0. The zero-order chi connectivity index (χ0) is 30.0. The number of anilines is 3. The number of imidazole rings is 1. The van der Waals surface area contributed by atoms with Crippen molar-refractivity contribution >= 4 is 63.6 Å². The van der Waals surface area contributed by atoms with E-state index in [1.807, 2.05) is 25.7 Å². The van der Waals surface area contributed by atoms with Gasteiger partial charge in [0.15, 0.2) is 5.65 Å². The van der Waals surface area contributed by atoms with E-state index in [4.69, 9.17) is 28.2 Å². The number of carbonyl (C=O) groups excluding carboxylic acids is 2. The van der Waals surface area contributed by atoms with Gasteiger partial charge in [0.1, 0.15) is 12.0 Å². The highest BCUT2D eigenvalue weighted by molar-refractivity contribution is 6.39. The van der Waals surface area contributed by atoms with Crippen LogP contribution in [0.1, 0.15) is 81.6 Å². The number of aromatic nitrogens is 3. The molecule has 0 bridgehead atoms. The van der Waals surface area contributed by atoms with Gasteiger partial charge >= 0.3 is 0 Å². The number of hydrogen-bond donors (Lipinski definition) is 4. The number of aromatic amines is 1. The maximum Gasteiger partial charge on any atom is 0.255 e. The fraction of sp³-hybridized carbons (Fsp3) is 0.533. The highest BCUT2D eigenvalue weighted by atomic mass is 35.5. The number of halogens is 3. The Labute approximate surface area is 255 Å². The van der Waals surface area contributed by atoms with Crippen LogP contribution in [-0.4, -0.2) is 52.1 Å². The van der Waals surface area contributed by atoms with Crippen LogP contribution in [0, 0.1) is 5.41 Å². The van der Waals surface area contributed by atoms with Gasteiger partial charge in [-0.2, -0.15) is 4.98 Å². The molecule has 1 aliphatic heterocycles. The molecule has 2 aliphatic rings. The first-order valence-electron chi connectivity index (χ1n) is 14.6. The van der Waals surface area contributed by atoms with Crippen molar-refractivity contribution in [3.05, 3.63) is 39.4 Å². The van der Waals surface area contributed by atoms with Gasteiger partial charge in [0.2, 0.25) is 11.9 Å². The van der Waals surface area contributed by atoms with Crippen molar-refractivity contribution in [1.82, 2.24) is 25.6 Å². The first-order chi connectivity index (χ1) is 20.0. The van der Waals surface area contributed by atoms with E-state index in [-0.39, 0.29) is 24.4 Å². The topological polar surface area (TPSA) is 115 Å². The van der Waals surface area contributed by atoms with Crippen LogP contribution < -0.4 is 20.9 Å². The smallest absolute Gasteiger partial charge is 0.255 e. The molecule has 1 saturated heterocycles. The zero-order valence-electron chi connectivity index (χ0n) is 24.2. The van der Waals surface area contributed by atoms with Gasteiger partial charge in [-0.1, -0.05) is 69.3 Å². The second-order valence-electron chi connectivity index (χ2n) is 12.2. The summed E-state index contributed by atoms with van der Waals surface area (Å²) in [5, 5.41) is 9.99. The predicted octanol–water partition coefficient (Wildman–Crippen LogP) is 6.67. The van der Waals surface area contributed by atoms with Crippen molar-refractivity contribution in [2.45, 2.75) is 84.5 Å². The van der Waals surface area contributed by atoms with Crippen molar-refractivity contribution in [2.75, 3.05) is 23.3 Å². The molecular formula is C30H38Cl2FN7O2. The molecule has 2 aromatic heterocycles. The maximum atomic E-state index is 13.9. The van der Waals surface area contributed by atoms with Crippen molar-refractivity contribution in [3.8, 4) is 0 Å². The lowest BCUT2D eigenvalue weighted by Crippen LogP contribution is -2.39. The Bertz CT molecular complexity index is 1460. The fourth-order valence-electron chi connectivity index (χ4n) is 5.38. The standard InChI is InChI=1S/C30H38Cl2FN7O2/c1-30(2,3)28(42)34-16-17-9-10-21(31)24(23(17)32)37-29-36-22-15-20(27(41)35-19-7-5-4-6-8-19)26(38-25(22)39-29)40-13-11-18(33)12-14-40/h9-10,15,18-19H,4-8,11-14,16H2,1-3H3,(H,34,42)(H,35,41)(H2,36,37,38,39). The Kier molecular flexibility index (Phi) is 9.13. The van der Waals surface area contributed by atoms with Crippen LogP contribution >= 0.6 is 23.2 Å². The summed E-state index contributed by atoms with van der Waals surface area (Å²) in [6, 6.07) is 5.37. The molecule has 1 aromatic carbocycles. The third-order valence-corrected chi connectivity index (χ3v) is 8.64. The number of pyridine rings is 1. The molecule has 1 aliphatic carbocycles. The fourth-order valence-corrected chi connectivity index (χ4v) is 5.91. The second-order valence-corrected chi connectivity index (χ2v) is 13.0. The predicted molar refractivity (Wildman–Crippen MR) is 166 cm³/mol. The number of piperidine rings is 1. The highest BCUT2D eigenvalue weighted by Crippen LogP contribution is 2.36. The quantitative estimate of drug-likeness (QED) is 0.235. The molecule has 0 unspecified atom stereocenters. The second kappa shape index (κ2) is 12.6. The molecular weight excluding hydrogens is 580 g/mol. The number of alkyl halides is 1. The molecule has 226 valence electrons. The van der Waals surface area contributed by atoms with E-state index in [1.54, 1.807) is 18.2 Å². The van der Waals surface area contributed by atoms with E-state index in [9.17, 15) is 14.0 Å². The molecule has 12 heteroatoms.